The van der Waals surface area contributed by atoms with Gasteiger partial charge in [-0.1, -0.05) is 15.9 Å². The number of hydrogen-bond acceptors (Lipinski definition) is 3. The molecule has 0 radical (unpaired) electrons. The van der Waals surface area contributed by atoms with Crippen LogP contribution in [0.2, 0.25) is 0 Å². The summed E-state index contributed by atoms with van der Waals surface area (Å²) in [4.78, 5) is 0. The van der Waals surface area contributed by atoms with Crippen LogP contribution in [0.5, 0.6) is 0 Å². The quantitative estimate of drug-likeness (QED) is 0.903. The summed E-state index contributed by atoms with van der Waals surface area (Å²) >= 11 is 3.47. The van der Waals surface area contributed by atoms with Gasteiger partial charge in [-0.15, -0.1) is 0 Å². The fraction of sp³-hybridized carbons (Fsp3) is 0.467. The molecule has 1 aromatic carbocycles. The first-order valence-corrected chi connectivity index (χ1v) is 7.51. The van der Waals surface area contributed by atoms with Gasteiger partial charge in [0.15, 0.2) is 0 Å². The standard InChI is InChI=1S/C15H18BrNO2/c1-9(17-8-10-4-13(18)5-10)15-7-11-6-12(16)2-3-14(11)19-15/h2-3,6-7,9-10,13,17-18H,4-5,8H2,1H3. The predicted octanol–water partition coefficient (Wildman–Crippen LogP) is 3.62. The molecule has 1 atom stereocenters. The number of halogens is 1. The highest BCUT2D eigenvalue weighted by Gasteiger charge is 2.27. The van der Waals surface area contributed by atoms with E-state index in [0.29, 0.717) is 5.92 Å². The highest BCUT2D eigenvalue weighted by atomic mass is 79.9. The summed E-state index contributed by atoms with van der Waals surface area (Å²) < 4.78 is 6.92. The number of hydrogen-bond donors (Lipinski definition) is 2. The first-order chi connectivity index (χ1) is 9.11. The summed E-state index contributed by atoms with van der Waals surface area (Å²) in [6.45, 7) is 3.06. The van der Waals surface area contributed by atoms with E-state index in [9.17, 15) is 5.11 Å². The van der Waals surface area contributed by atoms with Gasteiger partial charge in [0, 0.05) is 9.86 Å². The molecule has 1 aromatic heterocycles. The van der Waals surface area contributed by atoms with Crippen LogP contribution in [0.25, 0.3) is 11.0 Å². The van der Waals surface area contributed by atoms with Gasteiger partial charge in [-0.25, -0.2) is 0 Å². The fourth-order valence-corrected chi connectivity index (χ4v) is 2.94. The molecular formula is C15H18BrNO2. The number of fused-ring (bicyclic) bond motifs is 1. The topological polar surface area (TPSA) is 45.4 Å². The monoisotopic (exact) mass is 323 g/mol. The Balaban J connectivity index is 1.65. The van der Waals surface area contributed by atoms with E-state index in [-0.39, 0.29) is 12.1 Å². The first-order valence-electron chi connectivity index (χ1n) is 6.72. The van der Waals surface area contributed by atoms with Gasteiger partial charge >= 0.3 is 0 Å². The van der Waals surface area contributed by atoms with Crippen molar-refractivity contribution in [2.24, 2.45) is 5.92 Å². The minimum atomic E-state index is -0.0781. The molecule has 0 bridgehead atoms. The van der Waals surface area contributed by atoms with Crippen molar-refractivity contribution in [1.82, 2.24) is 5.32 Å². The third kappa shape index (κ3) is 2.86. The molecule has 1 unspecified atom stereocenters. The number of rotatable bonds is 4. The van der Waals surface area contributed by atoms with E-state index in [1.165, 1.54) is 0 Å². The third-order valence-corrected chi connectivity index (χ3v) is 4.34. The first kappa shape index (κ1) is 13.2. The van der Waals surface area contributed by atoms with Crippen molar-refractivity contribution in [3.8, 4) is 0 Å². The SMILES string of the molecule is CC(NCC1CC(O)C1)c1cc2cc(Br)ccc2o1. The summed E-state index contributed by atoms with van der Waals surface area (Å²) in [6.07, 6.45) is 1.77. The van der Waals surface area contributed by atoms with Crippen LogP contribution in [0.1, 0.15) is 31.6 Å². The minimum Gasteiger partial charge on any atom is -0.459 e. The van der Waals surface area contributed by atoms with Gasteiger partial charge in [0.1, 0.15) is 11.3 Å². The lowest BCUT2D eigenvalue weighted by Crippen LogP contribution is -2.36. The summed E-state index contributed by atoms with van der Waals surface area (Å²) in [6, 6.07) is 8.33. The smallest absolute Gasteiger partial charge is 0.134 e. The van der Waals surface area contributed by atoms with E-state index < -0.39 is 0 Å². The summed E-state index contributed by atoms with van der Waals surface area (Å²) in [5.74, 6) is 1.57. The minimum absolute atomic E-state index is 0.0781. The molecule has 102 valence electrons. The maximum Gasteiger partial charge on any atom is 0.134 e. The van der Waals surface area contributed by atoms with E-state index in [1.54, 1.807) is 0 Å². The van der Waals surface area contributed by atoms with Gasteiger partial charge in [-0.05, 0) is 56.5 Å². The average Bonchev–Trinajstić information content (AvgIpc) is 2.75. The van der Waals surface area contributed by atoms with Gasteiger partial charge in [-0.2, -0.15) is 0 Å². The van der Waals surface area contributed by atoms with E-state index in [0.717, 1.165) is 40.6 Å². The molecule has 1 saturated carbocycles. The Bertz CT molecular complexity index is 575. The second-order valence-corrected chi connectivity index (χ2v) is 6.37. The molecule has 2 N–H and O–H groups in total. The van der Waals surface area contributed by atoms with Crippen LogP contribution < -0.4 is 5.32 Å². The van der Waals surface area contributed by atoms with Crippen LogP contribution in [0.15, 0.2) is 33.2 Å². The third-order valence-electron chi connectivity index (χ3n) is 3.85. The van der Waals surface area contributed by atoms with Crippen LogP contribution >= 0.6 is 15.9 Å². The van der Waals surface area contributed by atoms with Crippen LogP contribution in [-0.4, -0.2) is 17.8 Å². The molecule has 1 fully saturated rings. The molecule has 0 spiro atoms. The maximum absolute atomic E-state index is 9.27. The Kier molecular flexibility index (Phi) is 3.65. The summed E-state index contributed by atoms with van der Waals surface area (Å²) in [5, 5.41) is 13.9. The van der Waals surface area contributed by atoms with Crippen molar-refractivity contribution in [3.63, 3.8) is 0 Å². The van der Waals surface area contributed by atoms with Gasteiger partial charge in [0.05, 0.1) is 12.1 Å². The number of nitrogens with one attached hydrogen (secondary N) is 1. The van der Waals surface area contributed by atoms with Crippen molar-refractivity contribution in [2.45, 2.75) is 31.9 Å². The van der Waals surface area contributed by atoms with Crippen molar-refractivity contribution in [3.05, 3.63) is 34.5 Å². The van der Waals surface area contributed by atoms with Crippen LogP contribution in [0, 0.1) is 5.92 Å². The van der Waals surface area contributed by atoms with Gasteiger partial charge < -0.3 is 14.8 Å². The largest absolute Gasteiger partial charge is 0.459 e. The zero-order chi connectivity index (χ0) is 13.4. The predicted molar refractivity (Wildman–Crippen MR) is 79.1 cm³/mol. The highest BCUT2D eigenvalue weighted by Crippen LogP contribution is 2.29. The Morgan fingerprint density at radius 2 is 2.21 bits per heavy atom. The van der Waals surface area contributed by atoms with Crippen LogP contribution in [-0.2, 0) is 0 Å². The number of aliphatic hydroxyl groups excluding tert-OH is 1. The molecule has 0 saturated heterocycles. The highest BCUT2D eigenvalue weighted by molar-refractivity contribution is 9.10. The number of furan rings is 1. The fourth-order valence-electron chi connectivity index (χ4n) is 2.56. The zero-order valence-corrected chi connectivity index (χ0v) is 12.5. The average molecular weight is 324 g/mol. The van der Waals surface area contributed by atoms with Gasteiger partial charge in [-0.3, -0.25) is 0 Å². The molecule has 4 heteroatoms. The molecule has 0 amide bonds. The van der Waals surface area contributed by atoms with E-state index in [2.05, 4.69) is 40.3 Å². The van der Waals surface area contributed by atoms with E-state index in [1.807, 2.05) is 12.1 Å². The molecule has 1 aliphatic rings. The molecule has 1 heterocycles. The van der Waals surface area contributed by atoms with Gasteiger partial charge in [0.25, 0.3) is 0 Å². The molecule has 1 aliphatic carbocycles. The molecule has 0 aliphatic heterocycles. The lowest BCUT2D eigenvalue weighted by Gasteiger charge is -2.32. The van der Waals surface area contributed by atoms with Crippen molar-refractivity contribution in [1.29, 1.82) is 0 Å². The lowest BCUT2D eigenvalue weighted by molar-refractivity contribution is 0.0418. The van der Waals surface area contributed by atoms with Crippen molar-refractivity contribution >= 4 is 26.9 Å². The molecule has 19 heavy (non-hydrogen) atoms. The molecule has 3 nitrogen and oxygen atoms in total. The van der Waals surface area contributed by atoms with Crippen LogP contribution in [0.3, 0.4) is 0 Å². The maximum atomic E-state index is 9.27. The lowest BCUT2D eigenvalue weighted by atomic mass is 9.82. The number of benzene rings is 1. The Morgan fingerprint density at radius 3 is 2.95 bits per heavy atom. The van der Waals surface area contributed by atoms with Crippen LogP contribution in [0.4, 0.5) is 0 Å². The zero-order valence-electron chi connectivity index (χ0n) is 10.9. The summed E-state index contributed by atoms with van der Waals surface area (Å²) in [5.41, 5.74) is 0.922. The second kappa shape index (κ2) is 5.27. The normalized spacial score (nSPS) is 24.4. The number of aliphatic hydroxyl groups is 1. The second-order valence-electron chi connectivity index (χ2n) is 5.45. The Hall–Kier alpha value is -0.840. The Morgan fingerprint density at radius 1 is 1.42 bits per heavy atom. The van der Waals surface area contributed by atoms with E-state index >= 15 is 0 Å². The summed E-state index contributed by atoms with van der Waals surface area (Å²) in [7, 11) is 0. The van der Waals surface area contributed by atoms with E-state index in [4.69, 9.17) is 4.42 Å². The van der Waals surface area contributed by atoms with Gasteiger partial charge in [0.2, 0.25) is 0 Å². The van der Waals surface area contributed by atoms with Crippen molar-refractivity contribution in [2.75, 3.05) is 6.54 Å². The van der Waals surface area contributed by atoms with Crippen molar-refractivity contribution < 1.29 is 9.52 Å². The Labute approximate surface area is 121 Å². The molecule has 2 aromatic rings. The molecule has 3 rings (SSSR count). The molecular weight excluding hydrogens is 306 g/mol.